The summed E-state index contributed by atoms with van der Waals surface area (Å²) in [6.45, 7) is 0. The van der Waals surface area contributed by atoms with E-state index in [1.54, 1.807) is 0 Å². The smallest absolute Gasteiger partial charge is 0.0601 e. The van der Waals surface area contributed by atoms with Crippen molar-refractivity contribution in [2.24, 2.45) is 0 Å². The minimum absolute atomic E-state index is 1.05. The fraction of sp³-hybridized carbons (Fsp3) is 0. The molecule has 0 saturated carbocycles. The Bertz CT molecular complexity index is 2330. The van der Waals surface area contributed by atoms with Gasteiger partial charge >= 0.3 is 0 Å². The van der Waals surface area contributed by atoms with E-state index in [2.05, 4.69) is 185 Å². The Morgan fingerprint density at radius 1 is 0.413 bits per heavy atom. The van der Waals surface area contributed by atoms with Gasteiger partial charge in [0.2, 0.25) is 0 Å². The first-order valence-electron chi connectivity index (χ1n) is 15.5. The van der Waals surface area contributed by atoms with E-state index in [4.69, 9.17) is 0 Å². The van der Waals surface area contributed by atoms with Crippen molar-refractivity contribution in [1.29, 1.82) is 0 Å². The van der Waals surface area contributed by atoms with Gasteiger partial charge in [-0.25, -0.2) is 0 Å². The van der Waals surface area contributed by atoms with Gasteiger partial charge in [-0.05, 0) is 83.9 Å². The zero-order valence-electron chi connectivity index (χ0n) is 25.0. The average molecular weight is 608 g/mol. The molecule has 3 nitrogen and oxygen atoms in total. The molecule has 0 spiro atoms. The molecule has 0 fully saturated rings. The summed E-state index contributed by atoms with van der Waals surface area (Å²) in [5, 5.41) is 6.13. The Morgan fingerprint density at radius 2 is 1.02 bits per heavy atom. The van der Waals surface area contributed by atoms with Crippen molar-refractivity contribution < 1.29 is 0 Å². The summed E-state index contributed by atoms with van der Waals surface area (Å²) in [6.07, 6.45) is 0. The third-order valence-corrected chi connectivity index (χ3v) is 9.86. The lowest BCUT2D eigenvalue weighted by Crippen LogP contribution is -2.15. The van der Waals surface area contributed by atoms with Gasteiger partial charge in [-0.15, -0.1) is 0 Å². The molecule has 1 aromatic heterocycles. The van der Waals surface area contributed by atoms with Gasteiger partial charge in [-0.2, -0.15) is 0 Å². The van der Waals surface area contributed by atoms with E-state index in [0.29, 0.717) is 0 Å². The summed E-state index contributed by atoms with van der Waals surface area (Å²) < 4.78 is 2.40. The third kappa shape index (κ3) is 4.54. The number of nitrogens with zero attached hydrogens (tertiary/aromatic N) is 2. The van der Waals surface area contributed by atoms with Gasteiger partial charge in [-0.3, -0.25) is 0 Å². The van der Waals surface area contributed by atoms with Gasteiger partial charge in [0.05, 0.1) is 22.4 Å². The topological polar surface area (TPSA) is 20.2 Å². The minimum Gasteiger partial charge on any atom is -0.355 e. The summed E-state index contributed by atoms with van der Waals surface area (Å²) in [6, 6.07) is 60.8. The van der Waals surface area contributed by atoms with E-state index in [0.717, 1.165) is 22.7 Å². The molecule has 0 aliphatic carbocycles. The Hall–Kier alpha value is -5.71. The summed E-state index contributed by atoms with van der Waals surface area (Å²) in [4.78, 5) is 4.91. The first-order chi connectivity index (χ1) is 22.8. The van der Waals surface area contributed by atoms with E-state index < -0.39 is 0 Å². The first kappa shape index (κ1) is 26.7. The number of hydrogen-bond donors (Lipinski definition) is 1. The maximum Gasteiger partial charge on any atom is 0.0601 e. The molecule has 7 aromatic carbocycles. The summed E-state index contributed by atoms with van der Waals surface area (Å²) in [5.74, 6) is 0. The van der Waals surface area contributed by atoms with Crippen molar-refractivity contribution in [3.8, 4) is 16.8 Å². The molecule has 8 aromatic rings. The van der Waals surface area contributed by atoms with Crippen LogP contribution < -0.4 is 10.2 Å². The Kier molecular flexibility index (Phi) is 6.39. The van der Waals surface area contributed by atoms with E-state index in [-0.39, 0.29) is 0 Å². The van der Waals surface area contributed by atoms with E-state index in [1.807, 2.05) is 11.8 Å². The average Bonchev–Trinajstić information content (AvgIpc) is 3.45. The van der Waals surface area contributed by atoms with Crippen LogP contribution in [0.4, 0.5) is 28.4 Å². The van der Waals surface area contributed by atoms with E-state index in [9.17, 15) is 0 Å². The number of nitrogens with one attached hydrogen (secondary N) is 1. The number of para-hydroxylation sites is 3. The number of anilines is 5. The van der Waals surface area contributed by atoms with Crippen molar-refractivity contribution in [2.45, 2.75) is 9.79 Å². The molecule has 0 atom stereocenters. The molecule has 1 aliphatic rings. The monoisotopic (exact) mass is 607 g/mol. The molecular formula is C42H29N3S. The van der Waals surface area contributed by atoms with Gasteiger partial charge in [0.15, 0.2) is 0 Å². The quantitative estimate of drug-likeness (QED) is 0.210. The number of hydrogen-bond acceptors (Lipinski definition) is 3. The van der Waals surface area contributed by atoms with E-state index >= 15 is 0 Å². The van der Waals surface area contributed by atoms with Gasteiger partial charge < -0.3 is 14.8 Å². The third-order valence-electron chi connectivity index (χ3n) is 8.73. The van der Waals surface area contributed by atoms with Crippen LogP contribution in [0.5, 0.6) is 0 Å². The normalized spacial score (nSPS) is 12.2. The molecule has 0 amide bonds. The van der Waals surface area contributed by atoms with Crippen LogP contribution in [0.1, 0.15) is 0 Å². The molecular weight excluding hydrogens is 579 g/mol. The lowest BCUT2D eigenvalue weighted by molar-refractivity contribution is 1.14. The second-order valence-corrected chi connectivity index (χ2v) is 12.6. The molecule has 46 heavy (non-hydrogen) atoms. The molecule has 1 aliphatic heterocycles. The molecule has 0 bridgehead atoms. The van der Waals surface area contributed by atoms with Crippen molar-refractivity contribution in [2.75, 3.05) is 10.2 Å². The lowest BCUT2D eigenvalue weighted by Gasteiger charge is -2.33. The Balaban J connectivity index is 1.15. The van der Waals surface area contributed by atoms with Crippen molar-refractivity contribution in [3.63, 3.8) is 0 Å². The molecule has 0 radical (unpaired) electrons. The van der Waals surface area contributed by atoms with Crippen molar-refractivity contribution in [3.05, 3.63) is 170 Å². The molecule has 4 heteroatoms. The van der Waals surface area contributed by atoms with Crippen LogP contribution in [0.15, 0.2) is 180 Å². The second-order valence-electron chi connectivity index (χ2n) is 11.5. The van der Waals surface area contributed by atoms with Crippen LogP contribution >= 0.6 is 11.8 Å². The highest BCUT2D eigenvalue weighted by Crippen LogP contribution is 2.51. The summed E-state index contributed by atoms with van der Waals surface area (Å²) in [5.41, 5.74) is 11.6. The molecule has 218 valence electrons. The SMILES string of the molecule is c1ccc(-c2ccc(Nc3ccc4c5ccccc5n(-c5cccc(N6c7ccccc7Sc7ccccc76)c5)c4c3)cc2)cc1. The highest BCUT2D eigenvalue weighted by atomic mass is 32.2. The Labute approximate surface area is 272 Å². The van der Waals surface area contributed by atoms with Crippen LogP contribution in [0, 0.1) is 0 Å². The maximum atomic E-state index is 3.66. The van der Waals surface area contributed by atoms with Gasteiger partial charge in [0, 0.05) is 43.3 Å². The predicted octanol–water partition coefficient (Wildman–Crippen LogP) is 12.1. The second kappa shape index (κ2) is 11.0. The van der Waals surface area contributed by atoms with Crippen LogP contribution in [-0.2, 0) is 0 Å². The molecule has 0 saturated heterocycles. The van der Waals surface area contributed by atoms with Crippen molar-refractivity contribution in [1.82, 2.24) is 4.57 Å². The number of aromatic nitrogens is 1. The van der Waals surface area contributed by atoms with Gasteiger partial charge in [0.1, 0.15) is 0 Å². The van der Waals surface area contributed by atoms with Crippen LogP contribution in [0.2, 0.25) is 0 Å². The highest BCUT2D eigenvalue weighted by Gasteiger charge is 2.24. The maximum absolute atomic E-state index is 3.66. The van der Waals surface area contributed by atoms with E-state index in [1.165, 1.54) is 54.1 Å². The lowest BCUT2D eigenvalue weighted by atomic mass is 10.1. The zero-order valence-corrected chi connectivity index (χ0v) is 25.8. The largest absolute Gasteiger partial charge is 0.355 e. The fourth-order valence-electron chi connectivity index (χ4n) is 6.62. The molecule has 2 heterocycles. The summed E-state index contributed by atoms with van der Waals surface area (Å²) >= 11 is 1.83. The van der Waals surface area contributed by atoms with Crippen molar-refractivity contribution >= 4 is 62.0 Å². The Morgan fingerprint density at radius 3 is 1.80 bits per heavy atom. The highest BCUT2D eigenvalue weighted by molar-refractivity contribution is 7.99. The minimum atomic E-state index is 1.05. The molecule has 9 rings (SSSR count). The predicted molar refractivity (Wildman–Crippen MR) is 195 cm³/mol. The van der Waals surface area contributed by atoms with Gasteiger partial charge in [-0.1, -0.05) is 109 Å². The zero-order chi connectivity index (χ0) is 30.5. The summed E-state index contributed by atoms with van der Waals surface area (Å²) in [7, 11) is 0. The first-order valence-corrected chi connectivity index (χ1v) is 16.3. The number of fused-ring (bicyclic) bond motifs is 5. The number of benzene rings is 7. The van der Waals surface area contributed by atoms with Crippen LogP contribution in [0.25, 0.3) is 38.6 Å². The number of rotatable bonds is 5. The van der Waals surface area contributed by atoms with Crippen LogP contribution in [-0.4, -0.2) is 4.57 Å². The van der Waals surface area contributed by atoms with Gasteiger partial charge in [0.25, 0.3) is 0 Å². The molecule has 1 N–H and O–H groups in total. The fourth-order valence-corrected chi connectivity index (χ4v) is 7.68. The molecule has 0 unspecified atom stereocenters. The standard InChI is InChI=1S/C42H29N3S/c1-2-11-29(12-3-1)30-21-23-31(24-22-30)43-32-25-26-36-35-15-4-5-16-37(35)44(40(36)27-32)33-13-10-14-34(28-33)45-38-17-6-8-19-41(38)46-42-20-9-7-18-39(42)45/h1-28,43H. The van der Waals surface area contributed by atoms with Crippen LogP contribution in [0.3, 0.4) is 0 Å².